The number of carboxylic acids is 1. The van der Waals surface area contributed by atoms with Crippen LogP contribution in [0.5, 0.6) is 5.75 Å². The lowest BCUT2D eigenvalue weighted by molar-refractivity contribution is -0.139. The third kappa shape index (κ3) is 5.77. The molecule has 0 bridgehead atoms. The lowest BCUT2D eigenvalue weighted by Crippen LogP contribution is -2.17. The van der Waals surface area contributed by atoms with Crippen molar-refractivity contribution < 1.29 is 19.4 Å². The van der Waals surface area contributed by atoms with Crippen LogP contribution in [0, 0.1) is 5.92 Å². The Morgan fingerprint density at radius 3 is 2.28 bits per heavy atom. The maximum atomic E-state index is 10.8. The normalized spacial score (nSPS) is 15.3. The molecule has 0 saturated carbocycles. The fraction of sp³-hybridized carbons (Fsp3) is 0.321. The quantitative estimate of drug-likeness (QED) is 0.411. The Morgan fingerprint density at radius 2 is 1.62 bits per heavy atom. The van der Waals surface area contributed by atoms with Gasteiger partial charge in [0.25, 0.3) is 0 Å². The van der Waals surface area contributed by atoms with Crippen LogP contribution in [0.25, 0.3) is 0 Å². The van der Waals surface area contributed by atoms with Gasteiger partial charge >= 0.3 is 5.97 Å². The van der Waals surface area contributed by atoms with Crippen molar-refractivity contribution in [3.8, 4) is 5.75 Å². The number of rotatable bonds is 10. The number of hydrogen-bond donors (Lipinski definition) is 1. The van der Waals surface area contributed by atoms with Crippen LogP contribution in [0.3, 0.4) is 0 Å². The van der Waals surface area contributed by atoms with E-state index in [-0.39, 0.29) is 12.7 Å². The molecular weight excluding hydrogens is 400 g/mol. The molecule has 0 aliphatic heterocycles. The van der Waals surface area contributed by atoms with Crippen molar-refractivity contribution in [1.29, 1.82) is 0 Å². The molecule has 0 aromatic heterocycles. The summed E-state index contributed by atoms with van der Waals surface area (Å²) in [5.41, 5.74) is 4.82. The summed E-state index contributed by atoms with van der Waals surface area (Å²) in [5.74, 6) is 0.397. The number of carboxylic acid groups (broad SMARTS) is 1. The highest BCUT2D eigenvalue weighted by Gasteiger charge is 2.22. The molecule has 4 nitrogen and oxygen atoms in total. The maximum Gasteiger partial charge on any atom is 0.341 e. The summed E-state index contributed by atoms with van der Waals surface area (Å²) in [7, 11) is 0. The van der Waals surface area contributed by atoms with E-state index in [2.05, 4.69) is 54.6 Å². The van der Waals surface area contributed by atoms with Crippen LogP contribution in [0.2, 0.25) is 0 Å². The minimum Gasteiger partial charge on any atom is -0.482 e. The Hall–Kier alpha value is -3.11. The minimum absolute atomic E-state index is 0.0431. The van der Waals surface area contributed by atoms with Crippen molar-refractivity contribution in [2.24, 2.45) is 5.92 Å². The van der Waals surface area contributed by atoms with Crippen molar-refractivity contribution in [3.05, 3.63) is 101 Å². The van der Waals surface area contributed by atoms with Crippen molar-refractivity contribution >= 4 is 5.97 Å². The van der Waals surface area contributed by atoms with Crippen molar-refractivity contribution in [2.75, 3.05) is 13.2 Å². The van der Waals surface area contributed by atoms with Crippen LogP contribution in [0.1, 0.15) is 47.6 Å². The molecule has 4 rings (SSSR count). The summed E-state index contributed by atoms with van der Waals surface area (Å²) in [6, 6.07) is 26.8. The molecule has 0 radical (unpaired) electrons. The highest BCUT2D eigenvalue weighted by Crippen LogP contribution is 2.34. The molecule has 1 unspecified atom stereocenters. The third-order valence-electron chi connectivity index (χ3n) is 6.14. The zero-order valence-electron chi connectivity index (χ0n) is 18.3. The van der Waals surface area contributed by atoms with E-state index in [4.69, 9.17) is 14.6 Å². The molecule has 0 spiro atoms. The zero-order chi connectivity index (χ0) is 22.2. The molecule has 4 heteroatoms. The molecule has 0 amide bonds. The fourth-order valence-corrected chi connectivity index (χ4v) is 4.58. The maximum absolute atomic E-state index is 10.8. The van der Waals surface area contributed by atoms with E-state index in [0.29, 0.717) is 5.92 Å². The zero-order valence-corrected chi connectivity index (χ0v) is 18.3. The highest BCUT2D eigenvalue weighted by atomic mass is 16.5. The predicted molar refractivity (Wildman–Crippen MR) is 125 cm³/mol. The van der Waals surface area contributed by atoms with Gasteiger partial charge in [0.2, 0.25) is 0 Å². The van der Waals surface area contributed by atoms with E-state index in [9.17, 15) is 4.79 Å². The van der Waals surface area contributed by atoms with Crippen LogP contribution in [-0.2, 0) is 22.4 Å². The monoisotopic (exact) mass is 430 g/mol. The van der Waals surface area contributed by atoms with Gasteiger partial charge in [0.05, 0.1) is 0 Å². The van der Waals surface area contributed by atoms with E-state index in [1.807, 2.05) is 24.3 Å². The van der Waals surface area contributed by atoms with E-state index in [1.54, 1.807) is 0 Å². The Bertz CT molecular complexity index is 961. The molecule has 0 saturated heterocycles. The average Bonchev–Trinajstić information content (AvgIpc) is 2.83. The third-order valence-corrected chi connectivity index (χ3v) is 6.14. The van der Waals surface area contributed by atoms with Gasteiger partial charge in [-0.15, -0.1) is 0 Å². The molecular formula is C28H30O4. The van der Waals surface area contributed by atoms with Crippen LogP contribution in [-0.4, -0.2) is 24.3 Å². The van der Waals surface area contributed by atoms with Gasteiger partial charge in [-0.3, -0.25) is 0 Å². The summed E-state index contributed by atoms with van der Waals surface area (Å²) in [4.78, 5) is 10.8. The molecule has 1 N–H and O–H groups in total. The fourth-order valence-electron chi connectivity index (χ4n) is 4.58. The minimum atomic E-state index is -0.944. The summed E-state index contributed by atoms with van der Waals surface area (Å²) in [6.07, 6.45) is 5.15. The van der Waals surface area contributed by atoms with E-state index in [1.165, 1.54) is 22.3 Å². The summed E-state index contributed by atoms with van der Waals surface area (Å²) in [5, 5.41) is 8.89. The van der Waals surface area contributed by atoms with Gasteiger partial charge in [0.1, 0.15) is 11.9 Å². The number of aliphatic carboxylic acids is 1. The van der Waals surface area contributed by atoms with Gasteiger partial charge in [-0.05, 0) is 66.3 Å². The number of benzene rings is 3. The molecule has 0 fully saturated rings. The van der Waals surface area contributed by atoms with Gasteiger partial charge < -0.3 is 14.6 Å². The Morgan fingerprint density at radius 1 is 0.938 bits per heavy atom. The van der Waals surface area contributed by atoms with E-state index >= 15 is 0 Å². The van der Waals surface area contributed by atoms with E-state index in [0.717, 1.165) is 44.5 Å². The first kappa shape index (κ1) is 22.1. The molecule has 32 heavy (non-hydrogen) atoms. The van der Waals surface area contributed by atoms with Gasteiger partial charge in [-0.1, -0.05) is 72.8 Å². The molecule has 1 aliphatic carbocycles. The largest absolute Gasteiger partial charge is 0.482 e. The van der Waals surface area contributed by atoms with Crippen molar-refractivity contribution in [3.63, 3.8) is 0 Å². The lowest BCUT2D eigenvalue weighted by atomic mass is 9.81. The summed E-state index contributed by atoms with van der Waals surface area (Å²) < 4.78 is 11.9. The second-order valence-electron chi connectivity index (χ2n) is 8.40. The van der Waals surface area contributed by atoms with Crippen molar-refractivity contribution in [2.45, 2.75) is 38.2 Å². The second kappa shape index (κ2) is 11.0. The molecule has 0 heterocycles. The average molecular weight is 431 g/mol. The summed E-state index contributed by atoms with van der Waals surface area (Å²) in [6.45, 7) is 0.431. The van der Waals surface area contributed by atoms with Gasteiger partial charge in [0.15, 0.2) is 6.61 Å². The SMILES string of the molecule is O=C(O)COc1cccc2c1CCC(CCCOC(c1ccccc1)c1ccccc1)C2. The molecule has 166 valence electrons. The molecule has 1 atom stereocenters. The first-order valence-electron chi connectivity index (χ1n) is 11.4. The predicted octanol–water partition coefficient (Wildman–Crippen LogP) is 5.84. The molecule has 3 aromatic rings. The highest BCUT2D eigenvalue weighted by molar-refractivity contribution is 5.68. The molecule has 1 aliphatic rings. The first-order valence-corrected chi connectivity index (χ1v) is 11.4. The second-order valence-corrected chi connectivity index (χ2v) is 8.40. The number of hydrogen-bond acceptors (Lipinski definition) is 3. The smallest absolute Gasteiger partial charge is 0.341 e. The topological polar surface area (TPSA) is 55.8 Å². The standard InChI is InChI=1S/C28H30O4/c29-27(30)20-32-26-15-7-14-24-19-21(16-17-25(24)26)9-8-18-31-28(22-10-3-1-4-11-22)23-12-5-2-6-13-23/h1-7,10-15,21,28H,8-9,16-20H2,(H,29,30). The number of fused-ring (bicyclic) bond motifs is 1. The van der Waals surface area contributed by atoms with Crippen LogP contribution >= 0.6 is 0 Å². The number of ether oxygens (including phenoxy) is 2. The van der Waals surface area contributed by atoms with Crippen LogP contribution in [0.4, 0.5) is 0 Å². The van der Waals surface area contributed by atoms with Crippen LogP contribution < -0.4 is 4.74 Å². The van der Waals surface area contributed by atoms with E-state index < -0.39 is 5.97 Å². The Kier molecular flexibility index (Phi) is 7.57. The van der Waals surface area contributed by atoms with Gasteiger partial charge in [-0.25, -0.2) is 4.79 Å². The number of carbonyl (C=O) groups is 1. The summed E-state index contributed by atoms with van der Waals surface area (Å²) >= 11 is 0. The molecule has 3 aromatic carbocycles. The van der Waals surface area contributed by atoms with Gasteiger partial charge in [0, 0.05) is 6.61 Å². The lowest BCUT2D eigenvalue weighted by Gasteiger charge is -2.26. The van der Waals surface area contributed by atoms with Crippen LogP contribution in [0.15, 0.2) is 78.9 Å². The van der Waals surface area contributed by atoms with Crippen molar-refractivity contribution in [1.82, 2.24) is 0 Å². The van der Waals surface area contributed by atoms with Gasteiger partial charge in [-0.2, -0.15) is 0 Å². The Labute approximate surface area is 189 Å². The first-order chi connectivity index (χ1) is 15.7. The Balaban J connectivity index is 1.31.